The fourth-order valence-corrected chi connectivity index (χ4v) is 2.60. The molecule has 2 fully saturated rings. The van der Waals surface area contributed by atoms with Crippen molar-refractivity contribution in [3.63, 3.8) is 0 Å². The second-order valence-corrected chi connectivity index (χ2v) is 4.12. The molecule has 2 aliphatic rings. The molecule has 1 aromatic rings. The number of rotatable bonds is 1. The molecule has 0 bridgehead atoms. The summed E-state index contributed by atoms with van der Waals surface area (Å²) in [4.78, 5) is 3.16. The fraction of sp³-hybridized carbons (Fsp3) is 0.364. The van der Waals surface area contributed by atoms with Gasteiger partial charge in [-0.2, -0.15) is 0 Å². The molecule has 2 heterocycles. The summed E-state index contributed by atoms with van der Waals surface area (Å²) in [6, 6.07) is 10.2. The van der Waals surface area contributed by atoms with Gasteiger partial charge in [0, 0.05) is 5.69 Å². The highest BCUT2D eigenvalue weighted by atomic mass is 32.1. The minimum absolute atomic E-state index is 0.213. The Hall–Kier alpha value is -0.930. The van der Waals surface area contributed by atoms with E-state index in [9.17, 15) is 0 Å². The lowest BCUT2D eigenvalue weighted by Crippen LogP contribution is -2.58. The van der Waals surface area contributed by atoms with E-state index in [4.69, 9.17) is 17.0 Å². The number of hydrogen-bond donors (Lipinski definition) is 0. The van der Waals surface area contributed by atoms with Gasteiger partial charge in [0.2, 0.25) is 0 Å². The number of benzene rings is 1. The van der Waals surface area contributed by atoms with Crippen LogP contribution in [0.3, 0.4) is 0 Å². The number of thiocarbonyl (C=S) groups is 1. The normalized spacial score (nSPS) is 30.0. The number of nitrogens with zero attached hydrogens (tertiary/aromatic N) is 1. The molecule has 0 radical (unpaired) electrons. The molecule has 3 rings (SSSR count). The number of hydrogen-bond acceptors (Lipinski definition) is 2. The van der Waals surface area contributed by atoms with Gasteiger partial charge in [0.05, 0.1) is 17.5 Å². The average molecular weight is 205 g/mol. The van der Waals surface area contributed by atoms with Gasteiger partial charge in [0.1, 0.15) is 6.23 Å². The Morgan fingerprint density at radius 1 is 1.29 bits per heavy atom. The highest BCUT2D eigenvalue weighted by Gasteiger charge is 2.48. The van der Waals surface area contributed by atoms with Crippen LogP contribution in [0.5, 0.6) is 0 Å². The number of ether oxygens (including phenoxy) is 1. The van der Waals surface area contributed by atoms with Gasteiger partial charge in [0.25, 0.3) is 0 Å². The molecular weight excluding hydrogens is 194 g/mol. The standard InChI is InChI=1S/C11H11NOS/c14-11-9-6-7-13-10(9)12(11)8-4-2-1-3-5-8/h1-5,9-10H,6-7H2. The van der Waals surface area contributed by atoms with Gasteiger partial charge in [0.15, 0.2) is 0 Å². The van der Waals surface area contributed by atoms with E-state index >= 15 is 0 Å². The van der Waals surface area contributed by atoms with Crippen molar-refractivity contribution in [2.24, 2.45) is 5.92 Å². The highest BCUT2D eigenvalue weighted by Crippen LogP contribution is 2.39. The maximum absolute atomic E-state index is 5.63. The van der Waals surface area contributed by atoms with Crippen LogP contribution in [-0.2, 0) is 4.74 Å². The number of para-hydroxylation sites is 1. The average Bonchev–Trinajstić information content (AvgIpc) is 2.63. The predicted octanol–water partition coefficient (Wildman–Crippen LogP) is 2.20. The Morgan fingerprint density at radius 2 is 2.07 bits per heavy atom. The highest BCUT2D eigenvalue weighted by molar-refractivity contribution is 7.80. The summed E-state index contributed by atoms with van der Waals surface area (Å²) < 4.78 is 5.63. The summed E-state index contributed by atoms with van der Waals surface area (Å²) in [5.74, 6) is 0.491. The van der Waals surface area contributed by atoms with Gasteiger partial charge < -0.3 is 9.64 Å². The summed E-state index contributed by atoms with van der Waals surface area (Å²) >= 11 is 5.37. The van der Waals surface area contributed by atoms with Crippen LogP contribution in [0.1, 0.15) is 6.42 Å². The van der Waals surface area contributed by atoms with Crippen LogP contribution in [-0.4, -0.2) is 17.8 Å². The molecule has 2 unspecified atom stereocenters. The quantitative estimate of drug-likeness (QED) is 0.652. The van der Waals surface area contributed by atoms with E-state index in [0.717, 1.165) is 23.7 Å². The SMILES string of the molecule is S=C1C2CCOC2N1c1ccccc1. The van der Waals surface area contributed by atoms with E-state index in [1.807, 2.05) is 18.2 Å². The molecule has 14 heavy (non-hydrogen) atoms. The molecule has 0 amide bonds. The zero-order valence-electron chi connectivity index (χ0n) is 7.72. The third-order valence-electron chi connectivity index (χ3n) is 2.91. The van der Waals surface area contributed by atoms with E-state index in [2.05, 4.69) is 17.0 Å². The Balaban J connectivity index is 1.90. The van der Waals surface area contributed by atoms with Crippen molar-refractivity contribution in [1.29, 1.82) is 0 Å². The summed E-state index contributed by atoms with van der Waals surface area (Å²) in [6.45, 7) is 0.846. The fourth-order valence-electron chi connectivity index (χ4n) is 2.16. The zero-order chi connectivity index (χ0) is 9.54. The third kappa shape index (κ3) is 1.03. The summed E-state index contributed by atoms with van der Waals surface area (Å²) in [5, 5.41) is 0. The second-order valence-electron chi connectivity index (χ2n) is 3.70. The van der Waals surface area contributed by atoms with Gasteiger partial charge >= 0.3 is 0 Å². The van der Waals surface area contributed by atoms with Crippen LogP contribution in [0.25, 0.3) is 0 Å². The van der Waals surface area contributed by atoms with Crippen molar-refractivity contribution in [2.75, 3.05) is 11.5 Å². The smallest absolute Gasteiger partial charge is 0.144 e. The summed E-state index contributed by atoms with van der Waals surface area (Å²) in [6.07, 6.45) is 1.30. The van der Waals surface area contributed by atoms with E-state index in [1.54, 1.807) is 0 Å². The third-order valence-corrected chi connectivity index (χ3v) is 3.40. The van der Waals surface area contributed by atoms with Crippen LogP contribution >= 0.6 is 12.2 Å². The van der Waals surface area contributed by atoms with E-state index < -0.39 is 0 Å². The molecule has 2 atom stereocenters. The van der Waals surface area contributed by atoms with Crippen molar-refractivity contribution < 1.29 is 4.74 Å². The molecule has 0 aliphatic carbocycles. The van der Waals surface area contributed by atoms with Crippen LogP contribution in [0.15, 0.2) is 30.3 Å². The lowest BCUT2D eigenvalue weighted by Gasteiger charge is -2.44. The minimum Gasteiger partial charge on any atom is -0.357 e. The topological polar surface area (TPSA) is 12.5 Å². The molecule has 1 aromatic carbocycles. The molecule has 72 valence electrons. The first kappa shape index (κ1) is 8.38. The molecule has 0 saturated carbocycles. The van der Waals surface area contributed by atoms with Crippen LogP contribution < -0.4 is 4.90 Å². The van der Waals surface area contributed by atoms with Gasteiger partial charge in [-0.25, -0.2) is 0 Å². The number of anilines is 1. The van der Waals surface area contributed by atoms with E-state index in [1.165, 1.54) is 0 Å². The lowest BCUT2D eigenvalue weighted by molar-refractivity contribution is 0.0932. The molecular formula is C11H11NOS. The molecule has 2 aliphatic heterocycles. The molecule has 3 heteroatoms. The first-order valence-corrected chi connectivity index (χ1v) is 5.28. The first-order chi connectivity index (χ1) is 6.88. The Labute approximate surface area is 88.5 Å². The van der Waals surface area contributed by atoms with Gasteiger partial charge in [-0.15, -0.1) is 0 Å². The molecule has 2 saturated heterocycles. The van der Waals surface area contributed by atoms with Crippen molar-refractivity contribution in [2.45, 2.75) is 12.6 Å². The van der Waals surface area contributed by atoms with Crippen LogP contribution in [0.4, 0.5) is 5.69 Å². The molecule has 0 spiro atoms. The van der Waals surface area contributed by atoms with Crippen molar-refractivity contribution >= 4 is 22.9 Å². The van der Waals surface area contributed by atoms with E-state index in [-0.39, 0.29) is 6.23 Å². The van der Waals surface area contributed by atoms with E-state index in [0.29, 0.717) is 5.92 Å². The van der Waals surface area contributed by atoms with Crippen LogP contribution in [0, 0.1) is 5.92 Å². The Morgan fingerprint density at radius 3 is 2.86 bits per heavy atom. The maximum Gasteiger partial charge on any atom is 0.144 e. The summed E-state index contributed by atoms with van der Waals surface area (Å²) in [5.41, 5.74) is 1.15. The monoisotopic (exact) mass is 205 g/mol. The van der Waals surface area contributed by atoms with Crippen LogP contribution in [0.2, 0.25) is 0 Å². The Kier molecular flexibility index (Phi) is 1.82. The van der Waals surface area contributed by atoms with Crippen molar-refractivity contribution in [3.05, 3.63) is 30.3 Å². The van der Waals surface area contributed by atoms with Gasteiger partial charge in [-0.3, -0.25) is 0 Å². The molecule has 0 N–H and O–H groups in total. The zero-order valence-corrected chi connectivity index (χ0v) is 8.54. The summed E-state index contributed by atoms with van der Waals surface area (Å²) in [7, 11) is 0. The largest absolute Gasteiger partial charge is 0.357 e. The Bertz CT molecular complexity index is 365. The maximum atomic E-state index is 5.63. The first-order valence-electron chi connectivity index (χ1n) is 4.87. The predicted molar refractivity (Wildman–Crippen MR) is 59.4 cm³/mol. The van der Waals surface area contributed by atoms with Crippen molar-refractivity contribution in [1.82, 2.24) is 0 Å². The van der Waals surface area contributed by atoms with Gasteiger partial charge in [-0.1, -0.05) is 30.4 Å². The number of fused-ring (bicyclic) bond motifs is 1. The second kappa shape index (κ2) is 3.04. The lowest BCUT2D eigenvalue weighted by atomic mass is 9.95. The van der Waals surface area contributed by atoms with Crippen molar-refractivity contribution in [3.8, 4) is 0 Å². The molecule has 0 aromatic heterocycles. The van der Waals surface area contributed by atoms with Gasteiger partial charge in [-0.05, 0) is 18.6 Å². The minimum atomic E-state index is 0.213. The molecule has 2 nitrogen and oxygen atoms in total.